The van der Waals surface area contributed by atoms with Gasteiger partial charge >= 0.3 is 0 Å². The summed E-state index contributed by atoms with van der Waals surface area (Å²) in [6.07, 6.45) is 0. The van der Waals surface area contributed by atoms with Gasteiger partial charge in [-0.25, -0.2) is 9.97 Å². The number of rotatable bonds is 3. The third kappa shape index (κ3) is 2.57. The van der Waals surface area contributed by atoms with Crippen LogP contribution in [0.25, 0.3) is 27.5 Å². The standard InChI is InChI=1S/C19H20ClN3O/c1-9(2)16(10(3)4)13-7-14-12(8-15(13)24-6)17-18(20)21-11(5)22-19(17)23-14/h7-8H,1H2,2-6H3,(H,21,22,23). The van der Waals surface area contributed by atoms with Crippen LogP contribution in [0.1, 0.15) is 32.2 Å². The summed E-state index contributed by atoms with van der Waals surface area (Å²) in [6, 6.07) is 4.05. The number of hydrogen-bond acceptors (Lipinski definition) is 3. The van der Waals surface area contributed by atoms with Crippen molar-refractivity contribution in [2.45, 2.75) is 27.7 Å². The van der Waals surface area contributed by atoms with Gasteiger partial charge in [0.05, 0.1) is 12.5 Å². The van der Waals surface area contributed by atoms with Crippen molar-refractivity contribution < 1.29 is 4.74 Å². The van der Waals surface area contributed by atoms with Gasteiger partial charge in [0.15, 0.2) is 0 Å². The summed E-state index contributed by atoms with van der Waals surface area (Å²) in [5, 5.41) is 2.21. The zero-order valence-corrected chi connectivity index (χ0v) is 15.3. The third-order valence-electron chi connectivity index (χ3n) is 4.03. The third-order valence-corrected chi connectivity index (χ3v) is 4.31. The average Bonchev–Trinajstić information content (AvgIpc) is 2.82. The minimum atomic E-state index is 0.445. The Morgan fingerprint density at radius 2 is 1.92 bits per heavy atom. The summed E-state index contributed by atoms with van der Waals surface area (Å²) in [7, 11) is 1.67. The maximum atomic E-state index is 6.35. The quantitative estimate of drug-likeness (QED) is 0.509. The highest BCUT2D eigenvalue weighted by atomic mass is 35.5. The van der Waals surface area contributed by atoms with Crippen LogP contribution in [0.5, 0.6) is 5.75 Å². The van der Waals surface area contributed by atoms with E-state index in [9.17, 15) is 0 Å². The maximum Gasteiger partial charge on any atom is 0.143 e. The summed E-state index contributed by atoms with van der Waals surface area (Å²) < 4.78 is 5.64. The lowest BCUT2D eigenvalue weighted by molar-refractivity contribution is 0.414. The Kier molecular flexibility index (Phi) is 4.10. The van der Waals surface area contributed by atoms with Crippen molar-refractivity contribution in [3.63, 3.8) is 0 Å². The van der Waals surface area contributed by atoms with Crippen LogP contribution in [0.2, 0.25) is 5.15 Å². The molecule has 3 aromatic rings. The highest BCUT2D eigenvalue weighted by molar-refractivity contribution is 6.36. The lowest BCUT2D eigenvalue weighted by atomic mass is 9.94. The fourth-order valence-corrected chi connectivity index (χ4v) is 3.49. The number of aryl methyl sites for hydroxylation is 1. The average molecular weight is 342 g/mol. The van der Waals surface area contributed by atoms with E-state index in [1.807, 2.05) is 19.9 Å². The van der Waals surface area contributed by atoms with Gasteiger partial charge in [-0.15, -0.1) is 0 Å². The van der Waals surface area contributed by atoms with Gasteiger partial charge in [0.2, 0.25) is 0 Å². The first-order valence-electron chi connectivity index (χ1n) is 7.70. The number of halogens is 1. The fraction of sp³-hybridized carbons (Fsp3) is 0.263. The van der Waals surface area contributed by atoms with Crippen molar-refractivity contribution in [2.24, 2.45) is 0 Å². The van der Waals surface area contributed by atoms with Crippen molar-refractivity contribution >= 4 is 39.1 Å². The molecule has 2 aromatic heterocycles. The molecule has 2 heterocycles. The lowest BCUT2D eigenvalue weighted by Crippen LogP contribution is -1.95. The van der Waals surface area contributed by atoms with Crippen molar-refractivity contribution in [1.82, 2.24) is 15.0 Å². The predicted molar refractivity (Wildman–Crippen MR) is 101 cm³/mol. The number of hydrogen-bond donors (Lipinski definition) is 1. The van der Waals surface area contributed by atoms with E-state index in [1.165, 1.54) is 5.57 Å². The summed E-state index contributed by atoms with van der Waals surface area (Å²) in [5.74, 6) is 1.41. The number of ether oxygens (including phenoxy) is 1. The van der Waals surface area contributed by atoms with Crippen LogP contribution < -0.4 is 4.74 Å². The Morgan fingerprint density at radius 1 is 1.21 bits per heavy atom. The van der Waals surface area contributed by atoms with E-state index >= 15 is 0 Å². The Labute approximate surface area is 146 Å². The van der Waals surface area contributed by atoms with Gasteiger partial charge in [-0.05, 0) is 45.4 Å². The van der Waals surface area contributed by atoms with Crippen molar-refractivity contribution in [3.8, 4) is 5.75 Å². The van der Waals surface area contributed by atoms with Crippen LogP contribution in [-0.2, 0) is 0 Å². The van der Waals surface area contributed by atoms with Crippen LogP contribution in [0.3, 0.4) is 0 Å². The van der Waals surface area contributed by atoms with Crippen LogP contribution in [-0.4, -0.2) is 22.1 Å². The Hall–Kier alpha value is -2.33. The molecule has 1 aromatic carbocycles. The highest BCUT2D eigenvalue weighted by Crippen LogP contribution is 2.39. The number of nitrogens with zero attached hydrogens (tertiary/aromatic N) is 2. The summed E-state index contributed by atoms with van der Waals surface area (Å²) in [6.45, 7) is 12.1. The maximum absolute atomic E-state index is 6.35. The van der Waals surface area contributed by atoms with Gasteiger partial charge in [0.25, 0.3) is 0 Å². The fourth-order valence-electron chi connectivity index (χ4n) is 3.18. The molecule has 0 aliphatic heterocycles. The first kappa shape index (κ1) is 16.5. The van der Waals surface area contributed by atoms with Gasteiger partial charge in [-0.3, -0.25) is 0 Å². The number of methoxy groups -OCH3 is 1. The molecule has 0 aliphatic rings. The first-order chi connectivity index (χ1) is 11.3. The molecule has 4 nitrogen and oxygen atoms in total. The number of aromatic amines is 1. The molecule has 24 heavy (non-hydrogen) atoms. The number of benzene rings is 1. The van der Waals surface area contributed by atoms with Gasteiger partial charge in [0, 0.05) is 16.5 Å². The minimum Gasteiger partial charge on any atom is -0.496 e. The SMILES string of the molecule is C=C(C)C(=C(C)C)c1cc2[nH]c3nc(C)nc(Cl)c3c2cc1OC. The second-order valence-electron chi connectivity index (χ2n) is 6.16. The zero-order chi connectivity index (χ0) is 17.6. The van der Waals surface area contributed by atoms with Gasteiger partial charge in [0.1, 0.15) is 22.4 Å². The number of allylic oxidation sites excluding steroid dienone is 3. The van der Waals surface area contributed by atoms with Crippen molar-refractivity contribution in [3.05, 3.63) is 46.4 Å². The summed E-state index contributed by atoms with van der Waals surface area (Å²) in [5.41, 5.74) is 5.96. The molecule has 0 amide bonds. The van der Waals surface area contributed by atoms with Gasteiger partial charge < -0.3 is 9.72 Å². The van der Waals surface area contributed by atoms with E-state index in [0.717, 1.165) is 44.4 Å². The molecule has 0 bridgehead atoms. The number of H-pyrrole nitrogens is 1. The smallest absolute Gasteiger partial charge is 0.143 e. The van der Waals surface area contributed by atoms with Crippen LogP contribution in [0, 0.1) is 6.92 Å². The molecule has 3 rings (SSSR count). The van der Waals surface area contributed by atoms with Gasteiger partial charge in [-0.1, -0.05) is 29.3 Å². The molecule has 0 saturated heterocycles. The topological polar surface area (TPSA) is 50.8 Å². The van der Waals surface area contributed by atoms with E-state index < -0.39 is 0 Å². The normalized spacial score (nSPS) is 11.1. The molecule has 1 N–H and O–H groups in total. The molecule has 0 atom stereocenters. The molecule has 0 saturated carbocycles. The molecule has 0 unspecified atom stereocenters. The Morgan fingerprint density at radius 3 is 2.50 bits per heavy atom. The number of aromatic nitrogens is 3. The molecule has 0 radical (unpaired) electrons. The molecular weight excluding hydrogens is 322 g/mol. The summed E-state index contributed by atoms with van der Waals surface area (Å²) in [4.78, 5) is 12.1. The van der Waals surface area contributed by atoms with E-state index in [2.05, 4.69) is 41.4 Å². The van der Waals surface area contributed by atoms with Crippen LogP contribution in [0.4, 0.5) is 0 Å². The van der Waals surface area contributed by atoms with Crippen molar-refractivity contribution in [2.75, 3.05) is 7.11 Å². The summed E-state index contributed by atoms with van der Waals surface area (Å²) >= 11 is 6.35. The van der Waals surface area contributed by atoms with E-state index in [1.54, 1.807) is 7.11 Å². The number of fused-ring (bicyclic) bond motifs is 3. The van der Waals surface area contributed by atoms with Crippen LogP contribution in [0.15, 0.2) is 29.9 Å². The predicted octanol–water partition coefficient (Wildman–Crippen LogP) is 5.45. The largest absolute Gasteiger partial charge is 0.496 e. The lowest BCUT2D eigenvalue weighted by Gasteiger charge is -2.15. The van der Waals surface area contributed by atoms with E-state index in [4.69, 9.17) is 16.3 Å². The second-order valence-corrected chi connectivity index (χ2v) is 6.52. The first-order valence-corrected chi connectivity index (χ1v) is 8.08. The molecule has 124 valence electrons. The molecule has 0 spiro atoms. The Balaban J connectivity index is 2.42. The van der Waals surface area contributed by atoms with E-state index in [-0.39, 0.29) is 0 Å². The molecule has 0 aliphatic carbocycles. The minimum absolute atomic E-state index is 0.445. The van der Waals surface area contributed by atoms with Crippen LogP contribution >= 0.6 is 11.6 Å². The molecule has 5 heteroatoms. The van der Waals surface area contributed by atoms with Gasteiger partial charge in [-0.2, -0.15) is 0 Å². The molecule has 0 fully saturated rings. The van der Waals surface area contributed by atoms with E-state index in [0.29, 0.717) is 11.0 Å². The monoisotopic (exact) mass is 341 g/mol. The second kappa shape index (κ2) is 5.95. The van der Waals surface area contributed by atoms with Crippen molar-refractivity contribution in [1.29, 1.82) is 0 Å². The Bertz CT molecular complexity index is 1010. The molecular formula is C19H20ClN3O. The zero-order valence-electron chi connectivity index (χ0n) is 14.5. The highest BCUT2D eigenvalue weighted by Gasteiger charge is 2.17. The number of nitrogens with one attached hydrogen (secondary N) is 1.